The topological polar surface area (TPSA) is 90.2 Å². The number of nitrogen functional groups attached to an aromatic ring is 1. The maximum Gasteiger partial charge on any atom is 0.226 e. The highest BCUT2D eigenvalue weighted by Crippen LogP contribution is 2.37. The van der Waals surface area contributed by atoms with E-state index in [1.165, 1.54) is 0 Å². The fraction of sp³-hybridized carbons (Fsp3) is 0.400. The van der Waals surface area contributed by atoms with Gasteiger partial charge in [-0.3, -0.25) is 9.48 Å². The van der Waals surface area contributed by atoms with Gasteiger partial charge >= 0.3 is 0 Å². The highest BCUT2D eigenvalue weighted by atomic mass is 16.5. The van der Waals surface area contributed by atoms with Gasteiger partial charge in [0.15, 0.2) is 0 Å². The molecule has 7 heteroatoms. The molecule has 22 heavy (non-hydrogen) atoms. The number of carbonyl (C=O) groups excluding carboxylic acids is 1. The Bertz CT molecular complexity index is 801. The lowest BCUT2D eigenvalue weighted by Crippen LogP contribution is -2.34. The highest BCUT2D eigenvalue weighted by Gasteiger charge is 2.32. The number of rotatable bonds is 0. The van der Waals surface area contributed by atoms with Gasteiger partial charge in [0.2, 0.25) is 11.8 Å². The predicted octanol–water partition coefficient (Wildman–Crippen LogP) is 1.14. The average molecular weight is 299 g/mol. The first-order valence-electron chi connectivity index (χ1n) is 7.29. The van der Waals surface area contributed by atoms with Crippen molar-refractivity contribution in [2.24, 2.45) is 0 Å². The van der Waals surface area contributed by atoms with Crippen molar-refractivity contribution in [3.63, 3.8) is 0 Å². The van der Waals surface area contributed by atoms with E-state index in [9.17, 15) is 4.79 Å². The van der Waals surface area contributed by atoms with Gasteiger partial charge in [-0.1, -0.05) is 17.3 Å². The summed E-state index contributed by atoms with van der Waals surface area (Å²) in [7, 11) is 0. The van der Waals surface area contributed by atoms with Crippen LogP contribution in [0.3, 0.4) is 0 Å². The van der Waals surface area contributed by atoms with E-state index in [0.717, 1.165) is 40.2 Å². The molecule has 0 bridgehead atoms. The number of aromatic nitrogens is 3. The van der Waals surface area contributed by atoms with Gasteiger partial charge in [0, 0.05) is 38.4 Å². The van der Waals surface area contributed by atoms with Crippen molar-refractivity contribution in [3.05, 3.63) is 29.0 Å². The Hall–Kier alpha value is -2.57. The first kappa shape index (κ1) is 13.1. The number of hydrogen-bond acceptors (Lipinski definition) is 5. The van der Waals surface area contributed by atoms with Crippen LogP contribution in [0.2, 0.25) is 0 Å². The summed E-state index contributed by atoms with van der Waals surface area (Å²) >= 11 is 0. The highest BCUT2D eigenvalue weighted by molar-refractivity contribution is 5.75. The number of nitrogens with zero attached hydrogens (tertiary/aromatic N) is 4. The molecule has 2 aromatic rings. The van der Waals surface area contributed by atoms with Crippen LogP contribution in [0.25, 0.3) is 11.4 Å². The Morgan fingerprint density at radius 1 is 1.36 bits per heavy atom. The average Bonchev–Trinajstić information content (AvgIpc) is 2.95. The molecule has 0 saturated carbocycles. The van der Waals surface area contributed by atoms with Crippen LogP contribution in [0, 0.1) is 0 Å². The third kappa shape index (κ3) is 1.78. The molecular formula is C15H17N5O2. The van der Waals surface area contributed by atoms with Crippen LogP contribution in [0.4, 0.5) is 5.88 Å². The van der Waals surface area contributed by atoms with Crippen molar-refractivity contribution >= 4 is 11.8 Å². The first-order chi connectivity index (χ1) is 10.5. The summed E-state index contributed by atoms with van der Waals surface area (Å²) in [4.78, 5) is 13.5. The lowest BCUT2D eigenvalue weighted by Gasteiger charge is -2.25. The summed E-state index contributed by atoms with van der Waals surface area (Å²) in [6, 6.07) is 0. The Kier molecular flexibility index (Phi) is 2.66. The summed E-state index contributed by atoms with van der Waals surface area (Å²) in [5.41, 5.74) is 11.5. The van der Waals surface area contributed by atoms with E-state index >= 15 is 0 Å². The van der Waals surface area contributed by atoms with Gasteiger partial charge in [-0.15, -0.1) is 0 Å². The van der Waals surface area contributed by atoms with Gasteiger partial charge in [0.05, 0.1) is 23.5 Å². The normalized spacial score (nSPS) is 16.8. The van der Waals surface area contributed by atoms with Crippen molar-refractivity contribution < 1.29 is 9.32 Å². The first-order valence-corrected chi connectivity index (χ1v) is 7.29. The van der Waals surface area contributed by atoms with E-state index < -0.39 is 0 Å². The van der Waals surface area contributed by atoms with Gasteiger partial charge in [0.1, 0.15) is 5.69 Å². The molecule has 114 valence electrons. The number of amides is 1. The number of hydrogen-bond donors (Lipinski definition) is 1. The molecule has 1 amide bonds. The quantitative estimate of drug-likeness (QED) is 0.737. The summed E-state index contributed by atoms with van der Waals surface area (Å²) < 4.78 is 7.10. The van der Waals surface area contributed by atoms with Crippen LogP contribution in [0.5, 0.6) is 0 Å². The molecule has 0 saturated heterocycles. The number of anilines is 1. The lowest BCUT2D eigenvalue weighted by molar-refractivity contribution is -0.129. The van der Waals surface area contributed by atoms with Crippen molar-refractivity contribution in [1.82, 2.24) is 19.8 Å². The van der Waals surface area contributed by atoms with Crippen LogP contribution in [-0.4, -0.2) is 32.3 Å². The third-order valence-corrected chi connectivity index (χ3v) is 4.39. The van der Waals surface area contributed by atoms with E-state index in [0.29, 0.717) is 31.9 Å². The largest absolute Gasteiger partial charge is 0.367 e. The van der Waals surface area contributed by atoms with Crippen molar-refractivity contribution in [2.45, 2.75) is 32.9 Å². The Balaban J connectivity index is 1.91. The fourth-order valence-corrected chi connectivity index (χ4v) is 3.27. The summed E-state index contributed by atoms with van der Waals surface area (Å²) in [5.74, 6) is 0.405. The van der Waals surface area contributed by atoms with Crippen LogP contribution >= 0.6 is 0 Å². The molecule has 0 aromatic carbocycles. The van der Waals surface area contributed by atoms with Crippen LogP contribution in [0.15, 0.2) is 16.7 Å². The molecule has 2 aliphatic heterocycles. The number of fused-ring (bicyclic) bond motifs is 5. The van der Waals surface area contributed by atoms with Crippen LogP contribution in [0.1, 0.15) is 23.7 Å². The van der Waals surface area contributed by atoms with Crippen molar-refractivity contribution in [2.75, 3.05) is 12.3 Å². The van der Waals surface area contributed by atoms with Gasteiger partial charge in [-0.2, -0.15) is 5.10 Å². The van der Waals surface area contributed by atoms with Crippen LogP contribution < -0.4 is 5.73 Å². The van der Waals surface area contributed by atoms with E-state index in [4.69, 9.17) is 15.4 Å². The molecule has 2 aliphatic rings. The van der Waals surface area contributed by atoms with E-state index in [1.54, 1.807) is 6.92 Å². The minimum absolute atomic E-state index is 0.0727. The molecule has 7 nitrogen and oxygen atoms in total. The molecule has 0 aliphatic carbocycles. The molecule has 0 unspecified atom stereocenters. The van der Waals surface area contributed by atoms with Crippen molar-refractivity contribution in [3.8, 4) is 11.4 Å². The predicted molar refractivity (Wildman–Crippen MR) is 79.8 cm³/mol. The number of nitrogens with two attached hydrogens (primary N) is 1. The molecule has 0 radical (unpaired) electrons. The third-order valence-electron chi connectivity index (χ3n) is 4.39. The van der Waals surface area contributed by atoms with Crippen molar-refractivity contribution in [1.29, 1.82) is 0 Å². The second-order valence-electron chi connectivity index (χ2n) is 5.92. The summed E-state index contributed by atoms with van der Waals surface area (Å²) in [6.07, 6.45) is 1.39. The second-order valence-corrected chi connectivity index (χ2v) is 5.92. The minimum Gasteiger partial charge on any atom is -0.367 e. The van der Waals surface area contributed by atoms with E-state index in [1.807, 2.05) is 9.58 Å². The monoisotopic (exact) mass is 299 g/mol. The molecule has 4 heterocycles. The SMILES string of the molecule is C=C1Cc2c(noc2N)-c2c3c(nn2C1)CCN(C(C)=O)C3. The second kappa shape index (κ2) is 4.46. The fourth-order valence-electron chi connectivity index (χ4n) is 3.27. The molecule has 2 N–H and O–H groups in total. The Morgan fingerprint density at radius 2 is 2.18 bits per heavy atom. The van der Waals surface area contributed by atoms with Gasteiger partial charge in [0.25, 0.3) is 0 Å². The molecular weight excluding hydrogens is 282 g/mol. The Morgan fingerprint density at radius 3 is 2.95 bits per heavy atom. The maximum atomic E-state index is 11.7. The molecule has 0 atom stereocenters. The van der Waals surface area contributed by atoms with E-state index in [-0.39, 0.29) is 5.91 Å². The van der Waals surface area contributed by atoms with E-state index in [2.05, 4.69) is 11.7 Å². The zero-order valence-electron chi connectivity index (χ0n) is 12.4. The number of allylic oxidation sites excluding steroid dienone is 1. The maximum absolute atomic E-state index is 11.7. The molecule has 4 rings (SSSR count). The van der Waals surface area contributed by atoms with Crippen LogP contribution in [-0.2, 0) is 30.7 Å². The van der Waals surface area contributed by atoms with Gasteiger partial charge in [-0.05, 0) is 0 Å². The zero-order chi connectivity index (χ0) is 15.4. The summed E-state index contributed by atoms with van der Waals surface area (Å²) in [5, 5.41) is 8.84. The molecule has 0 fully saturated rings. The minimum atomic E-state index is 0.0727. The molecule has 2 aromatic heterocycles. The summed E-state index contributed by atoms with van der Waals surface area (Å²) in [6.45, 7) is 7.58. The standard InChI is InChI=1S/C15H17N5O2/c1-8-5-10-13(18-22-15(10)16)14-11-7-19(9(2)21)4-3-12(11)17-20(14)6-8/h1,3-7,16H2,2H3. The van der Waals surface area contributed by atoms with Gasteiger partial charge < -0.3 is 15.2 Å². The molecule has 0 spiro atoms. The number of carbonyl (C=O) groups is 1. The Labute approximate surface area is 127 Å². The van der Waals surface area contributed by atoms with Gasteiger partial charge in [-0.25, -0.2) is 0 Å². The zero-order valence-corrected chi connectivity index (χ0v) is 12.4. The smallest absolute Gasteiger partial charge is 0.226 e. The lowest BCUT2D eigenvalue weighted by atomic mass is 10.0.